The molecular weight excluding hydrogens is 264 g/mol. The van der Waals surface area contributed by atoms with Crippen molar-refractivity contribution in [1.29, 1.82) is 0 Å². The van der Waals surface area contributed by atoms with Gasteiger partial charge in [-0.15, -0.1) is 5.10 Å². The van der Waals surface area contributed by atoms with E-state index in [2.05, 4.69) is 10.00 Å². The zero-order valence-electron chi connectivity index (χ0n) is 10.9. The number of carbonyl (C=O) groups is 1. The molecule has 1 aliphatic rings. The van der Waals surface area contributed by atoms with Gasteiger partial charge in [0.15, 0.2) is 5.65 Å². The van der Waals surface area contributed by atoms with Crippen molar-refractivity contribution in [2.45, 2.75) is 12.6 Å². The van der Waals surface area contributed by atoms with Gasteiger partial charge in [-0.3, -0.25) is 14.1 Å². The molecule has 0 radical (unpaired) electrons. The van der Waals surface area contributed by atoms with Gasteiger partial charge in [-0.05, 0) is 13.1 Å². The standard InChI is InChI=1S/C12H14N4O4/c1-14-5-9(6-14)20-8-2-3-15-10(4-8)13-16(12(15)19)7-11(17)18/h2-4,9H,5-7H2,1H3,(H,17,18). The fourth-order valence-corrected chi connectivity index (χ4v) is 2.21. The summed E-state index contributed by atoms with van der Waals surface area (Å²) in [6.07, 6.45) is 1.69. The SMILES string of the molecule is CN1CC(Oc2ccn3c(=O)n(CC(=O)O)nc3c2)C1. The van der Waals surface area contributed by atoms with Crippen LogP contribution in [0.2, 0.25) is 0 Å². The summed E-state index contributed by atoms with van der Waals surface area (Å²) in [4.78, 5) is 24.6. The van der Waals surface area contributed by atoms with Gasteiger partial charge < -0.3 is 9.84 Å². The number of hydrogen-bond acceptors (Lipinski definition) is 5. The second kappa shape index (κ2) is 4.64. The zero-order chi connectivity index (χ0) is 14.3. The van der Waals surface area contributed by atoms with Crippen molar-refractivity contribution in [1.82, 2.24) is 19.1 Å². The Hall–Kier alpha value is -2.35. The van der Waals surface area contributed by atoms with Crippen molar-refractivity contribution in [3.05, 3.63) is 28.8 Å². The summed E-state index contributed by atoms with van der Waals surface area (Å²) in [6.45, 7) is 1.28. The van der Waals surface area contributed by atoms with E-state index in [9.17, 15) is 9.59 Å². The van der Waals surface area contributed by atoms with Crippen LogP contribution in [-0.2, 0) is 11.3 Å². The Balaban J connectivity index is 1.87. The molecule has 1 saturated heterocycles. The normalized spacial score (nSPS) is 16.2. The number of fused-ring (bicyclic) bond motifs is 1. The number of likely N-dealkylation sites (N-methyl/N-ethyl adjacent to an activating group) is 1. The molecule has 0 amide bonds. The summed E-state index contributed by atoms with van der Waals surface area (Å²) < 4.78 is 7.95. The molecule has 0 atom stereocenters. The molecule has 2 aromatic heterocycles. The number of aromatic nitrogens is 3. The molecule has 2 aromatic rings. The molecule has 106 valence electrons. The first-order valence-electron chi connectivity index (χ1n) is 6.19. The van der Waals surface area contributed by atoms with Crippen molar-refractivity contribution < 1.29 is 14.6 Å². The van der Waals surface area contributed by atoms with Crippen LogP contribution in [0, 0.1) is 0 Å². The van der Waals surface area contributed by atoms with Gasteiger partial charge in [0.1, 0.15) is 18.4 Å². The van der Waals surface area contributed by atoms with Crippen molar-refractivity contribution in [3.8, 4) is 5.75 Å². The fraction of sp³-hybridized carbons (Fsp3) is 0.417. The number of carboxylic acids is 1. The Bertz CT molecular complexity index is 714. The monoisotopic (exact) mass is 278 g/mol. The van der Waals surface area contributed by atoms with E-state index in [1.54, 1.807) is 18.3 Å². The minimum Gasteiger partial charge on any atom is -0.488 e. The first-order chi connectivity index (χ1) is 9.52. The highest BCUT2D eigenvalue weighted by Crippen LogP contribution is 2.17. The average Bonchev–Trinajstić information content (AvgIpc) is 2.63. The second-order valence-corrected chi connectivity index (χ2v) is 4.89. The molecule has 1 N–H and O–H groups in total. The minimum absolute atomic E-state index is 0.148. The van der Waals surface area contributed by atoms with Crippen LogP contribution in [0.5, 0.6) is 5.75 Å². The lowest BCUT2D eigenvalue weighted by Crippen LogP contribution is -2.51. The van der Waals surface area contributed by atoms with Crippen LogP contribution < -0.4 is 10.4 Å². The maximum absolute atomic E-state index is 11.9. The van der Waals surface area contributed by atoms with Gasteiger partial charge in [0.2, 0.25) is 0 Å². The molecule has 20 heavy (non-hydrogen) atoms. The number of rotatable bonds is 4. The molecule has 3 heterocycles. The van der Waals surface area contributed by atoms with Crippen LogP contribution in [-0.4, -0.2) is 56.4 Å². The fourth-order valence-electron chi connectivity index (χ4n) is 2.21. The predicted molar refractivity (Wildman–Crippen MR) is 69.0 cm³/mol. The first kappa shape index (κ1) is 12.7. The second-order valence-electron chi connectivity index (χ2n) is 4.89. The van der Waals surface area contributed by atoms with E-state index in [0.717, 1.165) is 17.8 Å². The van der Waals surface area contributed by atoms with E-state index in [4.69, 9.17) is 9.84 Å². The molecule has 0 aromatic carbocycles. The van der Waals surface area contributed by atoms with Crippen LogP contribution >= 0.6 is 0 Å². The Labute approximate surface area is 113 Å². The maximum atomic E-state index is 11.9. The molecule has 8 nitrogen and oxygen atoms in total. The smallest absolute Gasteiger partial charge is 0.350 e. The quantitative estimate of drug-likeness (QED) is 0.793. The van der Waals surface area contributed by atoms with E-state index < -0.39 is 18.2 Å². The molecule has 1 aliphatic heterocycles. The zero-order valence-corrected chi connectivity index (χ0v) is 10.9. The number of aliphatic carboxylic acids is 1. The lowest BCUT2D eigenvalue weighted by atomic mass is 10.2. The van der Waals surface area contributed by atoms with Crippen LogP contribution in [0.1, 0.15) is 0 Å². The number of hydrogen-bond donors (Lipinski definition) is 1. The highest BCUT2D eigenvalue weighted by Gasteiger charge is 2.25. The maximum Gasteiger partial charge on any atom is 0.350 e. The molecule has 3 rings (SSSR count). The van der Waals surface area contributed by atoms with Gasteiger partial charge in [-0.25, -0.2) is 9.48 Å². The molecule has 0 bridgehead atoms. The van der Waals surface area contributed by atoms with Crippen LogP contribution in [0.3, 0.4) is 0 Å². The summed E-state index contributed by atoms with van der Waals surface area (Å²) in [7, 11) is 2.01. The van der Waals surface area contributed by atoms with Gasteiger partial charge in [-0.1, -0.05) is 0 Å². The van der Waals surface area contributed by atoms with Gasteiger partial charge in [0.05, 0.1) is 0 Å². The van der Waals surface area contributed by atoms with E-state index in [1.807, 2.05) is 7.05 Å². The third-order valence-electron chi connectivity index (χ3n) is 3.17. The summed E-state index contributed by atoms with van der Waals surface area (Å²) in [5.41, 5.74) is -0.0984. The van der Waals surface area contributed by atoms with Crippen molar-refractivity contribution in [3.63, 3.8) is 0 Å². The van der Waals surface area contributed by atoms with E-state index in [-0.39, 0.29) is 6.10 Å². The largest absolute Gasteiger partial charge is 0.488 e. The molecule has 0 unspecified atom stereocenters. The average molecular weight is 278 g/mol. The molecule has 0 aliphatic carbocycles. The Morgan fingerprint density at radius 2 is 2.30 bits per heavy atom. The van der Waals surface area contributed by atoms with Crippen molar-refractivity contribution >= 4 is 11.6 Å². The van der Waals surface area contributed by atoms with Gasteiger partial charge in [0.25, 0.3) is 0 Å². The highest BCUT2D eigenvalue weighted by molar-refractivity contribution is 5.66. The van der Waals surface area contributed by atoms with Crippen molar-refractivity contribution in [2.24, 2.45) is 0 Å². The lowest BCUT2D eigenvalue weighted by molar-refractivity contribution is -0.137. The van der Waals surface area contributed by atoms with E-state index in [1.165, 1.54) is 4.40 Å². The Morgan fingerprint density at radius 3 is 2.95 bits per heavy atom. The number of nitrogens with zero attached hydrogens (tertiary/aromatic N) is 4. The van der Waals surface area contributed by atoms with E-state index >= 15 is 0 Å². The van der Waals surface area contributed by atoms with E-state index in [0.29, 0.717) is 11.4 Å². The molecular formula is C12H14N4O4. The molecule has 0 spiro atoms. The van der Waals surface area contributed by atoms with Crippen LogP contribution in [0.4, 0.5) is 0 Å². The third-order valence-corrected chi connectivity index (χ3v) is 3.17. The number of carboxylic acid groups (broad SMARTS) is 1. The number of ether oxygens (including phenoxy) is 1. The Kier molecular flexibility index (Phi) is 2.94. The minimum atomic E-state index is -1.11. The van der Waals surface area contributed by atoms with Gasteiger partial charge in [0, 0.05) is 25.4 Å². The number of likely N-dealkylation sites (tertiary alicyclic amines) is 1. The molecule has 1 fully saturated rings. The summed E-state index contributed by atoms with van der Waals surface area (Å²) in [5, 5.41) is 12.7. The summed E-state index contributed by atoms with van der Waals surface area (Å²) in [5.74, 6) is -0.479. The van der Waals surface area contributed by atoms with Crippen molar-refractivity contribution in [2.75, 3.05) is 20.1 Å². The molecule has 0 saturated carbocycles. The topological polar surface area (TPSA) is 89.1 Å². The summed E-state index contributed by atoms with van der Waals surface area (Å²) in [6, 6.07) is 3.32. The highest BCUT2D eigenvalue weighted by atomic mass is 16.5. The number of pyridine rings is 1. The summed E-state index contributed by atoms with van der Waals surface area (Å²) >= 11 is 0. The van der Waals surface area contributed by atoms with Gasteiger partial charge in [-0.2, -0.15) is 0 Å². The molecule has 8 heteroatoms. The Morgan fingerprint density at radius 1 is 1.55 bits per heavy atom. The lowest BCUT2D eigenvalue weighted by Gasteiger charge is -2.35. The van der Waals surface area contributed by atoms with Crippen LogP contribution in [0.25, 0.3) is 5.65 Å². The van der Waals surface area contributed by atoms with Gasteiger partial charge >= 0.3 is 11.7 Å². The third kappa shape index (κ3) is 2.25. The first-order valence-corrected chi connectivity index (χ1v) is 6.19. The predicted octanol–water partition coefficient (Wildman–Crippen LogP) is -0.727. The van der Waals surface area contributed by atoms with Crippen LogP contribution in [0.15, 0.2) is 23.1 Å².